The van der Waals surface area contributed by atoms with Crippen LogP contribution in [0.5, 0.6) is 0 Å². The number of carbonyl (C=O) groups is 5. The van der Waals surface area contributed by atoms with Crippen molar-refractivity contribution in [3.63, 3.8) is 0 Å². The lowest BCUT2D eigenvalue weighted by Gasteiger charge is -2.31. The van der Waals surface area contributed by atoms with Gasteiger partial charge in [-0.1, -0.05) is 73.2 Å². The Bertz CT molecular complexity index is 1840. The Balaban J connectivity index is 1.10. The maximum atomic E-state index is 14.2. The maximum absolute atomic E-state index is 14.2. The third-order valence-electron chi connectivity index (χ3n) is 9.12. The number of fused-ring (bicyclic) bond motifs is 3. The SMILES string of the molecule is O=C(NCc1ccccc1)Nc1ccc(CN2C(=O)C3CCCC3N(C(=O)CN3C(=O)c4ccccc4C3=O)c3ccccc32)cc1. The number of amides is 6. The standard InChI is InChI=1S/C37H33N5O5/c43-33(23-41-34(44)27-11-4-5-12-28(27)35(41)45)42-30-16-8-13-29(30)36(46)40(31-14-6-7-15-32(31)42)22-25-17-19-26(20-18-25)39-37(47)38-21-24-9-2-1-3-10-24/h1-7,9-12,14-15,17-20,29-30H,8,13,16,21-23H2,(H2,38,39,47). The Morgan fingerprint density at radius 2 is 1.32 bits per heavy atom. The average Bonchev–Trinajstić information content (AvgIpc) is 3.64. The summed E-state index contributed by atoms with van der Waals surface area (Å²) in [7, 11) is 0. The number of imide groups is 1. The molecule has 10 nitrogen and oxygen atoms in total. The van der Waals surface area contributed by atoms with Crippen molar-refractivity contribution in [1.29, 1.82) is 0 Å². The van der Waals surface area contributed by atoms with E-state index in [1.54, 1.807) is 46.2 Å². The highest BCUT2D eigenvalue weighted by molar-refractivity contribution is 6.23. The van der Waals surface area contributed by atoms with Crippen LogP contribution in [-0.4, -0.2) is 47.1 Å². The van der Waals surface area contributed by atoms with Crippen LogP contribution in [0.3, 0.4) is 0 Å². The summed E-state index contributed by atoms with van der Waals surface area (Å²) in [6.45, 7) is 0.257. The van der Waals surface area contributed by atoms with Crippen LogP contribution >= 0.6 is 0 Å². The molecule has 1 fully saturated rings. The molecule has 3 aliphatic rings. The van der Waals surface area contributed by atoms with E-state index < -0.39 is 36.2 Å². The molecule has 236 valence electrons. The van der Waals surface area contributed by atoms with Gasteiger partial charge >= 0.3 is 6.03 Å². The van der Waals surface area contributed by atoms with E-state index >= 15 is 0 Å². The molecule has 4 aromatic carbocycles. The largest absolute Gasteiger partial charge is 0.334 e. The highest BCUT2D eigenvalue weighted by atomic mass is 16.2. The topological polar surface area (TPSA) is 119 Å². The third kappa shape index (κ3) is 5.74. The number of benzene rings is 4. The first-order valence-corrected chi connectivity index (χ1v) is 15.7. The van der Waals surface area contributed by atoms with E-state index in [-0.39, 0.29) is 29.6 Å². The van der Waals surface area contributed by atoms with Crippen molar-refractivity contribution < 1.29 is 24.0 Å². The molecule has 2 unspecified atom stereocenters. The van der Waals surface area contributed by atoms with E-state index in [9.17, 15) is 24.0 Å². The van der Waals surface area contributed by atoms with Crippen molar-refractivity contribution in [2.75, 3.05) is 21.7 Å². The van der Waals surface area contributed by atoms with Crippen LogP contribution in [0.1, 0.15) is 51.1 Å². The van der Waals surface area contributed by atoms with Gasteiger partial charge in [-0.15, -0.1) is 0 Å². The van der Waals surface area contributed by atoms with Gasteiger partial charge in [0.25, 0.3) is 11.8 Å². The molecule has 0 bridgehead atoms. The minimum Gasteiger partial charge on any atom is -0.334 e. The van der Waals surface area contributed by atoms with Crippen molar-refractivity contribution >= 4 is 46.7 Å². The Kier molecular flexibility index (Phi) is 7.99. The van der Waals surface area contributed by atoms with E-state index in [1.165, 1.54) is 0 Å². The fourth-order valence-electron chi connectivity index (χ4n) is 6.84. The van der Waals surface area contributed by atoms with Crippen LogP contribution in [0.15, 0.2) is 103 Å². The predicted molar refractivity (Wildman–Crippen MR) is 177 cm³/mol. The number of hydrogen-bond acceptors (Lipinski definition) is 5. The number of nitrogens with zero attached hydrogens (tertiary/aromatic N) is 3. The van der Waals surface area contributed by atoms with Gasteiger partial charge in [-0.2, -0.15) is 0 Å². The molecule has 2 N–H and O–H groups in total. The fraction of sp³-hybridized carbons (Fsp3) is 0.216. The molecule has 6 amide bonds. The summed E-state index contributed by atoms with van der Waals surface area (Å²) in [6.07, 6.45) is 2.05. The summed E-state index contributed by atoms with van der Waals surface area (Å²) in [6, 6.07) is 30.1. The molecule has 0 saturated heterocycles. The summed E-state index contributed by atoms with van der Waals surface area (Å²) in [4.78, 5) is 71.3. The normalized spacial score (nSPS) is 18.4. The monoisotopic (exact) mass is 627 g/mol. The lowest BCUT2D eigenvalue weighted by Crippen LogP contribution is -2.49. The van der Waals surface area contributed by atoms with Gasteiger partial charge in [0.05, 0.1) is 35.0 Å². The number of anilines is 3. The highest BCUT2D eigenvalue weighted by Gasteiger charge is 2.47. The Hall–Kier alpha value is -5.77. The first-order valence-electron chi connectivity index (χ1n) is 15.7. The number of carbonyl (C=O) groups excluding carboxylic acids is 5. The molecular formula is C37H33N5O5. The molecule has 7 rings (SSSR count). The molecule has 0 radical (unpaired) electrons. The molecule has 0 aromatic heterocycles. The van der Waals surface area contributed by atoms with Gasteiger partial charge in [-0.25, -0.2) is 4.79 Å². The van der Waals surface area contributed by atoms with E-state index in [1.807, 2.05) is 66.7 Å². The van der Waals surface area contributed by atoms with Gasteiger partial charge in [0.1, 0.15) is 6.54 Å². The second kappa shape index (κ2) is 12.6. The summed E-state index contributed by atoms with van der Waals surface area (Å²) in [5.74, 6) is -1.88. The van der Waals surface area contributed by atoms with E-state index in [0.717, 1.165) is 22.4 Å². The second-order valence-electron chi connectivity index (χ2n) is 12.0. The second-order valence-corrected chi connectivity index (χ2v) is 12.0. The molecule has 1 aliphatic carbocycles. The van der Waals surface area contributed by atoms with Crippen LogP contribution in [0.25, 0.3) is 0 Å². The van der Waals surface area contributed by atoms with Gasteiger partial charge in [-0.3, -0.25) is 24.1 Å². The lowest BCUT2D eigenvalue weighted by molar-refractivity contribution is -0.123. The number of nitrogens with one attached hydrogen (secondary N) is 2. The smallest absolute Gasteiger partial charge is 0.319 e. The minimum absolute atomic E-state index is 0.0709. The van der Waals surface area contributed by atoms with Crippen LogP contribution in [0, 0.1) is 5.92 Å². The zero-order valence-electron chi connectivity index (χ0n) is 25.6. The molecule has 4 aromatic rings. The van der Waals surface area contributed by atoms with E-state index in [0.29, 0.717) is 36.4 Å². The van der Waals surface area contributed by atoms with Crippen LogP contribution in [0.4, 0.5) is 21.9 Å². The van der Waals surface area contributed by atoms with Crippen molar-refractivity contribution in [1.82, 2.24) is 10.2 Å². The Labute approximate surface area is 272 Å². The van der Waals surface area contributed by atoms with E-state index in [2.05, 4.69) is 10.6 Å². The highest BCUT2D eigenvalue weighted by Crippen LogP contribution is 2.43. The van der Waals surface area contributed by atoms with Crippen molar-refractivity contribution in [3.8, 4) is 0 Å². The Morgan fingerprint density at radius 1 is 0.681 bits per heavy atom. The molecule has 10 heteroatoms. The van der Waals surface area contributed by atoms with Crippen LogP contribution in [0.2, 0.25) is 0 Å². The summed E-state index contributed by atoms with van der Waals surface area (Å²) in [5, 5.41) is 5.68. The Morgan fingerprint density at radius 3 is 2.02 bits per heavy atom. The summed E-state index contributed by atoms with van der Waals surface area (Å²) >= 11 is 0. The predicted octanol–water partition coefficient (Wildman–Crippen LogP) is 5.35. The number of rotatable bonds is 7. The van der Waals surface area contributed by atoms with Gasteiger partial charge in [0.2, 0.25) is 11.8 Å². The minimum atomic E-state index is -0.491. The molecule has 2 heterocycles. The van der Waals surface area contributed by atoms with Crippen LogP contribution < -0.4 is 20.4 Å². The van der Waals surface area contributed by atoms with E-state index in [4.69, 9.17) is 0 Å². The molecular weight excluding hydrogens is 594 g/mol. The molecule has 1 saturated carbocycles. The molecule has 2 atom stereocenters. The summed E-state index contributed by atoms with van der Waals surface area (Å²) in [5.41, 5.74) is 4.20. The fourth-order valence-corrected chi connectivity index (χ4v) is 6.84. The first kappa shape index (κ1) is 29.9. The quantitative estimate of drug-likeness (QED) is 0.268. The van der Waals surface area contributed by atoms with Crippen molar-refractivity contribution in [2.45, 2.75) is 38.4 Å². The van der Waals surface area contributed by atoms with Gasteiger partial charge in [-0.05, 0) is 60.4 Å². The zero-order chi connectivity index (χ0) is 32.5. The zero-order valence-corrected chi connectivity index (χ0v) is 25.6. The molecule has 47 heavy (non-hydrogen) atoms. The average molecular weight is 628 g/mol. The van der Waals surface area contributed by atoms with Crippen molar-refractivity contribution in [2.24, 2.45) is 5.92 Å². The lowest BCUT2D eigenvalue weighted by atomic mass is 10.0. The third-order valence-corrected chi connectivity index (χ3v) is 9.12. The summed E-state index contributed by atoms with van der Waals surface area (Å²) < 4.78 is 0. The molecule has 0 spiro atoms. The van der Waals surface area contributed by atoms with Gasteiger partial charge in [0, 0.05) is 18.3 Å². The number of urea groups is 1. The first-order chi connectivity index (χ1) is 22.9. The number of para-hydroxylation sites is 2. The van der Waals surface area contributed by atoms with Gasteiger partial charge in [0.15, 0.2) is 0 Å². The van der Waals surface area contributed by atoms with Crippen LogP contribution in [-0.2, 0) is 22.7 Å². The van der Waals surface area contributed by atoms with Crippen molar-refractivity contribution in [3.05, 3.63) is 125 Å². The maximum Gasteiger partial charge on any atom is 0.319 e. The molecule has 2 aliphatic heterocycles. The van der Waals surface area contributed by atoms with Gasteiger partial charge < -0.3 is 20.4 Å². The number of hydrogen-bond donors (Lipinski definition) is 2.